The Kier molecular flexibility index (Phi) is 10.9. The molecule has 1 N–H and O–H groups in total. The molecule has 0 saturated heterocycles. The van der Waals surface area contributed by atoms with E-state index >= 15 is 0 Å². The first kappa shape index (κ1) is 30.9. The van der Waals surface area contributed by atoms with Crippen LogP contribution >= 0.6 is 0 Å². The fourth-order valence-electron chi connectivity index (χ4n) is 4.53. The smallest absolute Gasteiger partial charge is 0.264 e. The summed E-state index contributed by atoms with van der Waals surface area (Å²) in [6.45, 7) is 9.34. The van der Waals surface area contributed by atoms with Crippen LogP contribution in [0.5, 0.6) is 0 Å². The lowest BCUT2D eigenvalue weighted by Gasteiger charge is -2.34. The first-order chi connectivity index (χ1) is 19.1. The predicted molar refractivity (Wildman–Crippen MR) is 161 cm³/mol. The summed E-state index contributed by atoms with van der Waals surface area (Å²) in [6, 6.07) is 22.7. The molecule has 3 aromatic carbocycles. The number of carbonyl (C=O) groups excluding carboxylic acids is 2. The summed E-state index contributed by atoms with van der Waals surface area (Å²) in [6.07, 6.45) is 1.70. The molecule has 2 unspecified atom stereocenters. The summed E-state index contributed by atoms with van der Waals surface area (Å²) in [7, 11) is -4.08. The second kappa shape index (κ2) is 14.1. The molecule has 0 heterocycles. The van der Waals surface area contributed by atoms with Gasteiger partial charge in [-0.05, 0) is 69.4 Å². The zero-order chi connectivity index (χ0) is 29.3. The maximum absolute atomic E-state index is 14.1. The molecule has 0 bridgehead atoms. The maximum atomic E-state index is 14.1. The topological polar surface area (TPSA) is 86.8 Å². The quantitative estimate of drug-likeness (QED) is 0.307. The Morgan fingerprint density at radius 2 is 1.48 bits per heavy atom. The van der Waals surface area contributed by atoms with Crippen molar-refractivity contribution in [2.45, 2.75) is 70.9 Å². The van der Waals surface area contributed by atoms with Gasteiger partial charge in [-0.2, -0.15) is 0 Å². The van der Waals surface area contributed by atoms with E-state index in [0.29, 0.717) is 18.5 Å². The van der Waals surface area contributed by atoms with Crippen LogP contribution in [0.3, 0.4) is 0 Å². The summed E-state index contributed by atoms with van der Waals surface area (Å²) in [5, 5.41) is 3.00. The van der Waals surface area contributed by atoms with E-state index in [9.17, 15) is 18.0 Å². The number of amides is 2. The van der Waals surface area contributed by atoms with Crippen LogP contribution in [0.2, 0.25) is 0 Å². The Labute approximate surface area is 239 Å². The van der Waals surface area contributed by atoms with Gasteiger partial charge in [0, 0.05) is 12.6 Å². The molecule has 0 aliphatic rings. The number of sulfonamides is 1. The number of hydrogen-bond acceptors (Lipinski definition) is 4. The molecule has 40 heavy (non-hydrogen) atoms. The number of para-hydroxylation sites is 1. The fourth-order valence-corrected chi connectivity index (χ4v) is 6.01. The molecule has 2 amide bonds. The van der Waals surface area contributed by atoms with Gasteiger partial charge in [0.15, 0.2) is 0 Å². The highest BCUT2D eigenvalue weighted by molar-refractivity contribution is 7.92. The molecule has 214 valence electrons. The van der Waals surface area contributed by atoms with Gasteiger partial charge < -0.3 is 10.2 Å². The molecule has 0 aromatic heterocycles. The number of benzene rings is 3. The van der Waals surface area contributed by atoms with Crippen LogP contribution < -0.4 is 9.62 Å². The van der Waals surface area contributed by atoms with Gasteiger partial charge >= 0.3 is 0 Å². The van der Waals surface area contributed by atoms with E-state index in [-0.39, 0.29) is 23.4 Å². The summed E-state index contributed by atoms with van der Waals surface area (Å²) in [4.78, 5) is 29.1. The SMILES string of the molecule is CCC(C)NC(=O)C(CC)N(CCc1ccccc1)C(=O)CN(c1ccccc1C)S(=O)(=O)c1ccc(C)cc1. The van der Waals surface area contributed by atoms with Crippen molar-refractivity contribution in [1.82, 2.24) is 10.2 Å². The van der Waals surface area contributed by atoms with Gasteiger partial charge in [0.05, 0.1) is 10.6 Å². The third kappa shape index (κ3) is 7.72. The molecule has 0 aliphatic heterocycles. The monoisotopic (exact) mass is 563 g/mol. The molecular formula is C32H41N3O4S. The van der Waals surface area contributed by atoms with Crippen LogP contribution in [-0.2, 0) is 26.0 Å². The third-order valence-electron chi connectivity index (χ3n) is 7.14. The molecule has 0 aliphatic carbocycles. The Morgan fingerprint density at radius 3 is 2.08 bits per heavy atom. The molecule has 0 radical (unpaired) electrons. The van der Waals surface area contributed by atoms with E-state index in [1.807, 2.05) is 77.1 Å². The minimum Gasteiger partial charge on any atom is -0.352 e. The average molecular weight is 564 g/mol. The first-order valence-electron chi connectivity index (χ1n) is 13.9. The summed E-state index contributed by atoms with van der Waals surface area (Å²) >= 11 is 0. The van der Waals surface area contributed by atoms with Crippen LogP contribution in [-0.4, -0.2) is 50.3 Å². The van der Waals surface area contributed by atoms with Crippen molar-refractivity contribution in [3.63, 3.8) is 0 Å². The molecule has 7 nitrogen and oxygen atoms in total. The molecule has 0 saturated carbocycles. The van der Waals surface area contributed by atoms with Gasteiger partial charge in [0.1, 0.15) is 12.6 Å². The van der Waals surface area contributed by atoms with Gasteiger partial charge in [0.25, 0.3) is 10.0 Å². The largest absolute Gasteiger partial charge is 0.352 e. The number of anilines is 1. The van der Waals surface area contributed by atoms with E-state index in [4.69, 9.17) is 0 Å². The lowest BCUT2D eigenvalue weighted by Crippen LogP contribution is -2.54. The average Bonchev–Trinajstić information content (AvgIpc) is 2.94. The van der Waals surface area contributed by atoms with Crippen LogP contribution in [0.15, 0.2) is 83.8 Å². The van der Waals surface area contributed by atoms with Gasteiger partial charge in [-0.3, -0.25) is 13.9 Å². The Bertz CT molecular complexity index is 1370. The number of rotatable bonds is 13. The van der Waals surface area contributed by atoms with Crippen LogP contribution in [0.4, 0.5) is 5.69 Å². The van der Waals surface area contributed by atoms with Gasteiger partial charge in [-0.15, -0.1) is 0 Å². The van der Waals surface area contributed by atoms with Crippen molar-refractivity contribution >= 4 is 27.5 Å². The summed E-state index contributed by atoms with van der Waals surface area (Å²) in [5.41, 5.74) is 3.11. The molecule has 0 fully saturated rings. The second-order valence-electron chi connectivity index (χ2n) is 10.2. The second-order valence-corrected chi connectivity index (χ2v) is 12.0. The fraction of sp³-hybridized carbons (Fsp3) is 0.375. The normalized spacial score (nSPS) is 12.8. The van der Waals surface area contributed by atoms with E-state index < -0.39 is 28.5 Å². The summed E-state index contributed by atoms with van der Waals surface area (Å²) in [5.74, 6) is -0.664. The predicted octanol–water partition coefficient (Wildman–Crippen LogP) is 5.26. The third-order valence-corrected chi connectivity index (χ3v) is 8.92. The number of carbonyl (C=O) groups is 2. The zero-order valence-corrected chi connectivity index (χ0v) is 24.9. The summed E-state index contributed by atoms with van der Waals surface area (Å²) < 4.78 is 29.1. The molecule has 0 spiro atoms. The van der Waals surface area contributed by atoms with Gasteiger partial charge in [0.2, 0.25) is 11.8 Å². The minimum atomic E-state index is -4.08. The van der Waals surface area contributed by atoms with E-state index in [0.717, 1.165) is 23.1 Å². The van der Waals surface area contributed by atoms with E-state index in [2.05, 4.69) is 5.32 Å². The Morgan fingerprint density at radius 1 is 0.850 bits per heavy atom. The van der Waals surface area contributed by atoms with Crippen LogP contribution in [0.25, 0.3) is 0 Å². The molecule has 8 heteroatoms. The van der Waals surface area contributed by atoms with Crippen molar-refractivity contribution in [3.05, 3.63) is 95.6 Å². The van der Waals surface area contributed by atoms with Gasteiger partial charge in [-0.25, -0.2) is 8.42 Å². The number of nitrogens with zero attached hydrogens (tertiary/aromatic N) is 2. The lowest BCUT2D eigenvalue weighted by molar-refractivity contribution is -0.139. The van der Waals surface area contributed by atoms with E-state index in [1.165, 1.54) is 4.31 Å². The van der Waals surface area contributed by atoms with Crippen LogP contribution in [0, 0.1) is 13.8 Å². The number of aryl methyl sites for hydroxylation is 2. The van der Waals surface area contributed by atoms with Crippen molar-refractivity contribution in [2.24, 2.45) is 0 Å². The highest BCUT2D eigenvalue weighted by atomic mass is 32.2. The zero-order valence-electron chi connectivity index (χ0n) is 24.1. The number of nitrogens with one attached hydrogen (secondary N) is 1. The van der Waals surface area contributed by atoms with Crippen molar-refractivity contribution in [2.75, 3.05) is 17.4 Å². The first-order valence-corrected chi connectivity index (χ1v) is 15.3. The van der Waals surface area contributed by atoms with Crippen molar-refractivity contribution in [3.8, 4) is 0 Å². The highest BCUT2D eigenvalue weighted by Crippen LogP contribution is 2.27. The van der Waals surface area contributed by atoms with Crippen molar-refractivity contribution in [1.29, 1.82) is 0 Å². The highest BCUT2D eigenvalue weighted by Gasteiger charge is 2.34. The Hall–Kier alpha value is -3.65. The standard InChI is InChI=1S/C32H41N3O4S/c1-6-26(5)33-32(37)29(7-2)34(22-21-27-14-9-8-10-15-27)31(36)23-35(30-16-12-11-13-25(30)4)40(38,39)28-19-17-24(3)18-20-28/h8-20,26,29H,6-7,21-23H2,1-5H3,(H,33,37). The maximum Gasteiger partial charge on any atom is 0.264 e. The number of hydrogen-bond donors (Lipinski definition) is 1. The molecule has 2 atom stereocenters. The molecule has 3 aromatic rings. The van der Waals surface area contributed by atoms with Crippen molar-refractivity contribution < 1.29 is 18.0 Å². The molecular weight excluding hydrogens is 522 g/mol. The van der Waals surface area contributed by atoms with Crippen LogP contribution in [0.1, 0.15) is 50.3 Å². The Balaban J connectivity index is 2.02. The molecule has 3 rings (SSSR count). The van der Waals surface area contributed by atoms with E-state index in [1.54, 1.807) is 41.3 Å². The minimum absolute atomic E-state index is 0.0435. The lowest BCUT2D eigenvalue weighted by atomic mass is 10.1. The van der Waals surface area contributed by atoms with Gasteiger partial charge in [-0.1, -0.05) is 80.1 Å².